The minimum Gasteiger partial charge on any atom is -0.382 e. The van der Waals surface area contributed by atoms with E-state index < -0.39 is 0 Å². The maximum absolute atomic E-state index is 8.81. The maximum Gasteiger partial charge on any atom is 0.145 e. The van der Waals surface area contributed by atoms with E-state index in [4.69, 9.17) is 16.4 Å². The van der Waals surface area contributed by atoms with Crippen molar-refractivity contribution < 1.29 is 0 Å². The summed E-state index contributed by atoms with van der Waals surface area (Å²) in [6.07, 6.45) is 6.34. The van der Waals surface area contributed by atoms with Crippen molar-refractivity contribution in [2.24, 2.45) is 0 Å². The highest BCUT2D eigenvalue weighted by molar-refractivity contribution is 6.08. The molecule has 1 atom stereocenters. The van der Waals surface area contributed by atoms with Crippen LogP contribution in [0.15, 0.2) is 42.7 Å². The zero-order valence-electron chi connectivity index (χ0n) is 11.6. The summed E-state index contributed by atoms with van der Waals surface area (Å²) in [6.45, 7) is 1.95. The Labute approximate surface area is 123 Å². The molecular weight excluding hydrogens is 262 g/mol. The van der Waals surface area contributed by atoms with Gasteiger partial charge in [0.25, 0.3) is 0 Å². The number of hydrogen-bond donors (Lipinski definition) is 2. The van der Waals surface area contributed by atoms with Crippen LogP contribution in [0.2, 0.25) is 0 Å². The van der Waals surface area contributed by atoms with Gasteiger partial charge >= 0.3 is 0 Å². The number of hydrogen-bond acceptors (Lipinski definition) is 5. The van der Waals surface area contributed by atoms with E-state index in [0.29, 0.717) is 17.1 Å². The van der Waals surface area contributed by atoms with E-state index in [9.17, 15) is 0 Å². The summed E-state index contributed by atoms with van der Waals surface area (Å²) < 4.78 is 0. The average Bonchev–Trinajstić information content (AvgIpc) is 2.53. The Balaban J connectivity index is 2.34. The molecule has 2 rings (SSSR count). The third-order valence-electron chi connectivity index (χ3n) is 3.12. The Kier molecular flexibility index (Phi) is 4.42. The second-order valence-corrected chi connectivity index (χ2v) is 4.57. The smallest absolute Gasteiger partial charge is 0.145 e. The number of rotatable bonds is 4. The van der Waals surface area contributed by atoms with Crippen LogP contribution < -0.4 is 5.73 Å². The molecule has 0 saturated carbocycles. The van der Waals surface area contributed by atoms with Gasteiger partial charge in [0.15, 0.2) is 0 Å². The molecule has 0 radical (unpaired) electrons. The number of nitrogens with one attached hydrogen (secondary N) is 1. The maximum atomic E-state index is 8.81. The van der Waals surface area contributed by atoms with Crippen molar-refractivity contribution in [2.75, 3.05) is 5.73 Å². The monoisotopic (exact) mass is 277 g/mol. The third kappa shape index (κ3) is 3.31. The number of aromatic nitrogens is 2. The van der Waals surface area contributed by atoms with Gasteiger partial charge in [-0.15, -0.1) is 0 Å². The van der Waals surface area contributed by atoms with Gasteiger partial charge in [-0.05, 0) is 23.3 Å². The normalized spacial score (nSPS) is 12.5. The lowest BCUT2D eigenvalue weighted by Crippen LogP contribution is -2.03. The Morgan fingerprint density at radius 3 is 2.52 bits per heavy atom. The molecule has 0 aliphatic heterocycles. The van der Waals surface area contributed by atoms with E-state index in [1.54, 1.807) is 24.5 Å². The van der Waals surface area contributed by atoms with Gasteiger partial charge in [-0.25, -0.2) is 4.98 Å². The van der Waals surface area contributed by atoms with E-state index in [0.717, 1.165) is 11.1 Å². The topological polar surface area (TPSA) is 99.4 Å². The van der Waals surface area contributed by atoms with Gasteiger partial charge in [-0.3, -0.25) is 4.98 Å². The Bertz CT molecular complexity index is 710. The van der Waals surface area contributed by atoms with Crippen molar-refractivity contribution in [1.29, 1.82) is 10.7 Å². The summed E-state index contributed by atoms with van der Waals surface area (Å²) >= 11 is 0. The lowest BCUT2D eigenvalue weighted by Gasteiger charge is -2.10. The number of anilines is 1. The average molecular weight is 277 g/mol. The van der Waals surface area contributed by atoms with Gasteiger partial charge in [0.1, 0.15) is 5.82 Å². The molecule has 0 amide bonds. The van der Waals surface area contributed by atoms with Gasteiger partial charge in [0.05, 0.1) is 17.3 Å². The molecule has 2 aromatic rings. The predicted octanol–water partition coefficient (Wildman–Crippen LogP) is 2.77. The van der Waals surface area contributed by atoms with Gasteiger partial charge in [-0.1, -0.05) is 25.1 Å². The highest BCUT2D eigenvalue weighted by Crippen LogP contribution is 2.23. The fraction of sp³-hybridized carbons (Fsp3) is 0.125. The molecule has 0 unspecified atom stereocenters. The van der Waals surface area contributed by atoms with Crippen molar-refractivity contribution in [3.63, 3.8) is 0 Å². The number of nitrogens with two attached hydrogens (primary N) is 1. The fourth-order valence-corrected chi connectivity index (χ4v) is 2.02. The number of nitrogens with zero attached hydrogens (tertiary/aromatic N) is 3. The quantitative estimate of drug-likeness (QED) is 0.839. The molecule has 0 spiro atoms. The summed E-state index contributed by atoms with van der Waals surface area (Å²) in [7, 11) is 0. The number of allylic oxidation sites excluding steroid dienone is 2. The molecule has 104 valence electrons. The molecule has 1 heterocycles. The SMILES string of the molecule is C[C@H](/C=C(\C=N)c1ccc(C#N)cc1)c1nccnc1N. The highest BCUT2D eigenvalue weighted by atomic mass is 14.9. The van der Waals surface area contributed by atoms with Gasteiger partial charge in [-0.2, -0.15) is 5.26 Å². The van der Waals surface area contributed by atoms with E-state index in [1.807, 2.05) is 25.1 Å². The molecule has 0 aliphatic carbocycles. The molecule has 0 bridgehead atoms. The molecule has 5 heteroatoms. The first-order chi connectivity index (χ1) is 10.2. The lowest BCUT2D eigenvalue weighted by molar-refractivity contribution is 0.899. The summed E-state index contributed by atoms with van der Waals surface area (Å²) in [4.78, 5) is 8.26. The van der Waals surface area contributed by atoms with Gasteiger partial charge in [0.2, 0.25) is 0 Å². The van der Waals surface area contributed by atoms with E-state index in [1.165, 1.54) is 6.21 Å². The van der Waals surface area contributed by atoms with Crippen LogP contribution in [0.1, 0.15) is 29.7 Å². The van der Waals surface area contributed by atoms with Crippen LogP contribution in [0, 0.1) is 16.7 Å². The third-order valence-corrected chi connectivity index (χ3v) is 3.12. The molecule has 21 heavy (non-hydrogen) atoms. The summed E-state index contributed by atoms with van der Waals surface area (Å²) in [5.41, 5.74) is 8.72. The molecule has 1 aromatic heterocycles. The fourth-order valence-electron chi connectivity index (χ4n) is 2.02. The van der Waals surface area contributed by atoms with Gasteiger partial charge < -0.3 is 11.1 Å². The number of nitriles is 1. The summed E-state index contributed by atoms with van der Waals surface area (Å²) in [5.74, 6) is 0.330. The minimum absolute atomic E-state index is 0.0639. The van der Waals surface area contributed by atoms with Gasteiger partial charge in [0, 0.05) is 24.5 Å². The van der Waals surface area contributed by atoms with Crippen LogP contribution in [0.3, 0.4) is 0 Å². The van der Waals surface area contributed by atoms with E-state index in [2.05, 4.69) is 16.0 Å². The van der Waals surface area contributed by atoms with E-state index >= 15 is 0 Å². The van der Waals surface area contributed by atoms with Crippen LogP contribution in [-0.2, 0) is 0 Å². The largest absolute Gasteiger partial charge is 0.382 e. The first-order valence-corrected chi connectivity index (χ1v) is 6.45. The predicted molar refractivity (Wildman–Crippen MR) is 82.8 cm³/mol. The molecular formula is C16H15N5. The standard InChI is InChI=1S/C16H15N5/c1-11(15-16(19)21-7-6-20-15)8-14(10-18)13-4-2-12(9-17)3-5-13/h2-8,10-11,18H,1H3,(H2,19,21)/b14-8+,18-10?/t11-/m1/s1. The summed E-state index contributed by atoms with van der Waals surface area (Å²) in [6, 6.07) is 9.18. The van der Waals surface area contributed by atoms with Crippen LogP contribution in [0.4, 0.5) is 5.82 Å². The Hall–Kier alpha value is -3.00. The van der Waals surface area contributed by atoms with Crippen molar-refractivity contribution in [2.45, 2.75) is 12.8 Å². The molecule has 0 saturated heterocycles. The van der Waals surface area contributed by atoms with Crippen molar-refractivity contribution in [3.8, 4) is 6.07 Å². The molecule has 0 fully saturated rings. The van der Waals surface area contributed by atoms with Crippen LogP contribution in [0.25, 0.3) is 5.57 Å². The number of nitrogen functional groups attached to an aromatic ring is 1. The van der Waals surface area contributed by atoms with E-state index in [-0.39, 0.29) is 5.92 Å². The molecule has 1 aromatic carbocycles. The van der Waals surface area contributed by atoms with Crippen molar-refractivity contribution in [3.05, 3.63) is 59.6 Å². The first kappa shape index (κ1) is 14.4. The van der Waals surface area contributed by atoms with Crippen LogP contribution >= 0.6 is 0 Å². The Morgan fingerprint density at radius 2 is 1.95 bits per heavy atom. The number of benzene rings is 1. The molecule has 0 aliphatic rings. The van der Waals surface area contributed by atoms with Crippen molar-refractivity contribution in [1.82, 2.24) is 9.97 Å². The second-order valence-electron chi connectivity index (χ2n) is 4.57. The zero-order valence-corrected chi connectivity index (χ0v) is 11.6. The highest BCUT2D eigenvalue weighted by Gasteiger charge is 2.10. The van der Waals surface area contributed by atoms with Crippen LogP contribution in [-0.4, -0.2) is 16.2 Å². The van der Waals surface area contributed by atoms with Crippen molar-refractivity contribution >= 4 is 17.6 Å². The second kappa shape index (κ2) is 6.44. The minimum atomic E-state index is -0.0639. The first-order valence-electron chi connectivity index (χ1n) is 6.45. The zero-order chi connectivity index (χ0) is 15.2. The summed E-state index contributed by atoms with van der Waals surface area (Å²) in [5, 5.41) is 16.4. The molecule has 3 N–H and O–H groups in total. The lowest BCUT2D eigenvalue weighted by atomic mass is 9.98. The van der Waals surface area contributed by atoms with Crippen LogP contribution in [0.5, 0.6) is 0 Å². The Morgan fingerprint density at radius 1 is 1.29 bits per heavy atom. The molecule has 5 nitrogen and oxygen atoms in total.